The van der Waals surface area contributed by atoms with Gasteiger partial charge in [0.15, 0.2) is 0 Å². The molecule has 3 aromatic rings. The number of benzene rings is 3. The van der Waals surface area contributed by atoms with E-state index in [0.717, 1.165) is 30.8 Å². The lowest BCUT2D eigenvalue weighted by Crippen LogP contribution is -2.10. The van der Waals surface area contributed by atoms with Crippen LogP contribution in [0, 0.1) is 5.92 Å². The number of hydrogen-bond acceptors (Lipinski definition) is 2. The Morgan fingerprint density at radius 2 is 1.55 bits per heavy atom. The fourth-order valence-corrected chi connectivity index (χ4v) is 3.47. The van der Waals surface area contributed by atoms with Gasteiger partial charge in [0.25, 0.3) is 0 Å². The molecule has 0 aliphatic carbocycles. The van der Waals surface area contributed by atoms with Crippen molar-refractivity contribution in [3.8, 4) is 5.75 Å². The number of hydrogen-bond donors (Lipinski definition) is 1. The van der Waals surface area contributed by atoms with Crippen molar-refractivity contribution in [1.82, 2.24) is 0 Å². The van der Waals surface area contributed by atoms with Crippen molar-refractivity contribution in [3.05, 3.63) is 95.6 Å². The largest absolute Gasteiger partial charge is 0.493 e. The molecular weight excluding hydrogens is 354 g/mol. The Kier molecular flexibility index (Phi) is 7.75. The maximum Gasteiger partial charge on any atom is 0.121 e. The summed E-state index contributed by atoms with van der Waals surface area (Å²) in [4.78, 5) is 0. The summed E-state index contributed by atoms with van der Waals surface area (Å²) < 4.78 is 5.95. The molecule has 0 bridgehead atoms. The highest BCUT2D eigenvalue weighted by atomic mass is 16.5. The third-order valence-electron chi connectivity index (χ3n) is 5.14. The van der Waals surface area contributed by atoms with Crippen molar-refractivity contribution in [2.75, 3.05) is 18.5 Å². The Morgan fingerprint density at radius 1 is 0.793 bits per heavy atom. The van der Waals surface area contributed by atoms with Gasteiger partial charge >= 0.3 is 0 Å². The third-order valence-corrected chi connectivity index (χ3v) is 5.14. The maximum absolute atomic E-state index is 5.95. The second-order valence-electron chi connectivity index (χ2n) is 8.23. The zero-order valence-corrected chi connectivity index (χ0v) is 17.9. The van der Waals surface area contributed by atoms with Gasteiger partial charge in [0.2, 0.25) is 0 Å². The Morgan fingerprint density at radius 3 is 2.28 bits per heavy atom. The predicted octanol–water partition coefficient (Wildman–Crippen LogP) is 6.72. The molecule has 0 fully saturated rings. The normalized spacial score (nSPS) is 12.0. The fraction of sp³-hybridized carbons (Fsp3) is 0.333. The zero-order chi connectivity index (χ0) is 20.5. The molecule has 3 rings (SSSR count). The number of rotatable bonds is 10. The number of ether oxygens (including phenoxy) is 1. The van der Waals surface area contributed by atoms with Gasteiger partial charge in [-0.3, -0.25) is 0 Å². The predicted molar refractivity (Wildman–Crippen MR) is 124 cm³/mol. The van der Waals surface area contributed by atoms with E-state index in [1.807, 2.05) is 18.2 Å². The first-order valence-electron chi connectivity index (χ1n) is 10.7. The lowest BCUT2D eigenvalue weighted by atomic mass is 9.97. The summed E-state index contributed by atoms with van der Waals surface area (Å²) >= 11 is 0. The number of nitrogens with one attached hydrogen (secondary N) is 1. The molecule has 0 aliphatic rings. The molecule has 0 amide bonds. The zero-order valence-electron chi connectivity index (χ0n) is 17.9. The molecule has 0 aliphatic heterocycles. The van der Waals surface area contributed by atoms with Crippen LogP contribution in [0.1, 0.15) is 43.4 Å². The van der Waals surface area contributed by atoms with Crippen LogP contribution < -0.4 is 10.1 Å². The molecule has 2 heteroatoms. The first kappa shape index (κ1) is 21.0. The second kappa shape index (κ2) is 10.7. The molecule has 0 saturated carbocycles. The van der Waals surface area contributed by atoms with E-state index in [2.05, 4.69) is 86.8 Å². The van der Waals surface area contributed by atoms with Crippen LogP contribution in [-0.2, 0) is 12.8 Å². The lowest BCUT2D eigenvalue weighted by molar-refractivity contribution is 0.322. The lowest BCUT2D eigenvalue weighted by Gasteiger charge is -2.16. The summed E-state index contributed by atoms with van der Waals surface area (Å²) in [6.45, 7) is 8.38. The van der Waals surface area contributed by atoms with Gasteiger partial charge in [-0.2, -0.15) is 0 Å². The molecule has 0 heterocycles. The smallest absolute Gasteiger partial charge is 0.121 e. The van der Waals surface area contributed by atoms with Gasteiger partial charge in [0.05, 0.1) is 6.61 Å². The van der Waals surface area contributed by atoms with Crippen LogP contribution in [-0.4, -0.2) is 13.2 Å². The van der Waals surface area contributed by atoms with Crippen molar-refractivity contribution < 1.29 is 4.74 Å². The molecule has 29 heavy (non-hydrogen) atoms. The summed E-state index contributed by atoms with van der Waals surface area (Å²) in [5, 5.41) is 3.56. The Hall–Kier alpha value is -2.74. The maximum atomic E-state index is 5.95. The Balaban J connectivity index is 1.48. The molecule has 2 nitrogen and oxygen atoms in total. The van der Waals surface area contributed by atoms with E-state index in [1.54, 1.807) is 0 Å². The highest BCUT2D eigenvalue weighted by molar-refractivity contribution is 5.48. The molecule has 0 spiro atoms. The summed E-state index contributed by atoms with van der Waals surface area (Å²) in [6.07, 6.45) is 2.06. The molecule has 152 valence electrons. The fourth-order valence-electron chi connectivity index (χ4n) is 3.47. The SMILES string of the molecule is CC(C)Cc1ccc(C(C)CNc2cccc(OCCc3ccccc3)c2)cc1. The minimum atomic E-state index is 0.450. The monoisotopic (exact) mass is 387 g/mol. The van der Waals surface area contributed by atoms with Gasteiger partial charge in [-0.15, -0.1) is 0 Å². The van der Waals surface area contributed by atoms with E-state index in [1.165, 1.54) is 16.7 Å². The van der Waals surface area contributed by atoms with Gasteiger partial charge in [-0.05, 0) is 47.1 Å². The van der Waals surface area contributed by atoms with Crippen LogP contribution in [0.15, 0.2) is 78.9 Å². The second-order valence-corrected chi connectivity index (χ2v) is 8.23. The average Bonchev–Trinajstić information content (AvgIpc) is 2.73. The summed E-state index contributed by atoms with van der Waals surface area (Å²) in [5.41, 5.74) is 5.20. The third kappa shape index (κ3) is 6.98. The van der Waals surface area contributed by atoms with Gasteiger partial charge in [-0.25, -0.2) is 0 Å². The van der Waals surface area contributed by atoms with E-state index in [-0.39, 0.29) is 0 Å². The topological polar surface area (TPSA) is 21.3 Å². The van der Waals surface area contributed by atoms with Crippen LogP contribution >= 0.6 is 0 Å². The minimum Gasteiger partial charge on any atom is -0.493 e. The molecule has 1 atom stereocenters. The Labute approximate surface area is 175 Å². The van der Waals surface area contributed by atoms with Gasteiger partial charge in [0.1, 0.15) is 5.75 Å². The first-order chi connectivity index (χ1) is 14.1. The summed E-state index contributed by atoms with van der Waals surface area (Å²) in [5.74, 6) is 2.06. The molecular formula is C27H33NO. The van der Waals surface area contributed by atoms with E-state index in [9.17, 15) is 0 Å². The average molecular weight is 388 g/mol. The van der Waals surface area contributed by atoms with Crippen LogP contribution in [0.2, 0.25) is 0 Å². The van der Waals surface area contributed by atoms with Crippen molar-refractivity contribution >= 4 is 5.69 Å². The van der Waals surface area contributed by atoms with Crippen molar-refractivity contribution in [1.29, 1.82) is 0 Å². The standard InChI is InChI=1S/C27H33NO/c1-21(2)18-24-12-14-25(15-13-24)22(3)20-28-26-10-7-11-27(19-26)29-17-16-23-8-5-4-6-9-23/h4-15,19,21-22,28H,16-18,20H2,1-3H3. The Bertz CT molecular complexity index is 855. The van der Waals surface area contributed by atoms with Crippen LogP contribution in [0.3, 0.4) is 0 Å². The van der Waals surface area contributed by atoms with E-state index < -0.39 is 0 Å². The summed E-state index contributed by atoms with van der Waals surface area (Å²) in [6, 6.07) is 27.8. The van der Waals surface area contributed by atoms with Crippen LogP contribution in [0.4, 0.5) is 5.69 Å². The van der Waals surface area contributed by atoms with E-state index in [4.69, 9.17) is 4.74 Å². The van der Waals surface area contributed by atoms with Gasteiger partial charge in [0, 0.05) is 24.7 Å². The van der Waals surface area contributed by atoms with Crippen molar-refractivity contribution in [2.45, 2.75) is 39.5 Å². The van der Waals surface area contributed by atoms with Crippen molar-refractivity contribution in [2.24, 2.45) is 5.92 Å². The molecule has 3 aromatic carbocycles. The highest BCUT2D eigenvalue weighted by Crippen LogP contribution is 2.21. The van der Waals surface area contributed by atoms with E-state index in [0.29, 0.717) is 18.4 Å². The molecule has 0 aromatic heterocycles. The molecule has 1 unspecified atom stereocenters. The quantitative estimate of drug-likeness (QED) is 0.417. The highest BCUT2D eigenvalue weighted by Gasteiger charge is 2.07. The molecule has 0 saturated heterocycles. The number of anilines is 1. The minimum absolute atomic E-state index is 0.450. The van der Waals surface area contributed by atoms with Crippen molar-refractivity contribution in [3.63, 3.8) is 0 Å². The molecule has 0 radical (unpaired) electrons. The first-order valence-corrected chi connectivity index (χ1v) is 10.7. The van der Waals surface area contributed by atoms with Crippen LogP contribution in [0.25, 0.3) is 0 Å². The van der Waals surface area contributed by atoms with Crippen LogP contribution in [0.5, 0.6) is 5.75 Å². The van der Waals surface area contributed by atoms with Gasteiger partial charge < -0.3 is 10.1 Å². The van der Waals surface area contributed by atoms with E-state index >= 15 is 0 Å². The molecule has 1 N–H and O–H groups in total. The van der Waals surface area contributed by atoms with Gasteiger partial charge in [-0.1, -0.05) is 81.4 Å². The summed E-state index contributed by atoms with van der Waals surface area (Å²) in [7, 11) is 0.